The van der Waals surface area contributed by atoms with E-state index in [0.717, 1.165) is 24.8 Å². The minimum Gasteiger partial charge on any atom is -0.400 e. The minimum absolute atomic E-state index is 0.232. The summed E-state index contributed by atoms with van der Waals surface area (Å²) in [6.45, 7) is 4.00. The largest absolute Gasteiger partial charge is 0.400 e. The van der Waals surface area contributed by atoms with E-state index in [-0.39, 0.29) is 11.9 Å². The lowest BCUT2D eigenvalue weighted by molar-refractivity contribution is 0.399. The first-order valence-electron chi connectivity index (χ1n) is 9.50. The van der Waals surface area contributed by atoms with Crippen LogP contribution in [-0.2, 0) is 6.42 Å². The van der Waals surface area contributed by atoms with Crippen molar-refractivity contribution in [2.75, 3.05) is 12.8 Å². The molecule has 0 bridgehead atoms. The molecule has 1 aliphatic carbocycles. The number of nitrogens with one attached hydrogen (secondary N) is 1. The molecule has 0 radical (unpaired) electrons. The van der Waals surface area contributed by atoms with Gasteiger partial charge in [-0.25, -0.2) is 9.97 Å². The summed E-state index contributed by atoms with van der Waals surface area (Å²) < 4.78 is 0. The molecule has 1 atom stereocenters. The van der Waals surface area contributed by atoms with E-state index in [4.69, 9.17) is 16.2 Å². The number of anilines is 1. The Labute approximate surface area is 166 Å². The first-order valence-corrected chi connectivity index (χ1v) is 9.50. The van der Waals surface area contributed by atoms with Crippen LogP contribution in [0.25, 0.3) is 11.1 Å². The van der Waals surface area contributed by atoms with Crippen LogP contribution in [0.4, 0.5) is 5.95 Å². The number of hydrogen-bond acceptors (Lipinski definition) is 5. The molecule has 4 rings (SSSR count). The maximum atomic E-state index is 8.38. The first-order chi connectivity index (χ1) is 13.7. The van der Waals surface area contributed by atoms with Gasteiger partial charge in [-0.15, -0.1) is 0 Å². The fraction of sp³-hybridized carbons (Fsp3) is 0.261. The molecule has 0 fully saturated rings. The molecule has 0 saturated carbocycles. The van der Waals surface area contributed by atoms with Crippen molar-refractivity contribution >= 4 is 11.7 Å². The molecule has 0 spiro atoms. The number of rotatable bonds is 2. The molecule has 0 amide bonds. The van der Waals surface area contributed by atoms with Crippen LogP contribution in [0.3, 0.4) is 0 Å². The van der Waals surface area contributed by atoms with Crippen molar-refractivity contribution in [3.63, 3.8) is 0 Å². The third-order valence-corrected chi connectivity index (χ3v) is 4.59. The Kier molecular flexibility index (Phi) is 7.84. The zero-order valence-corrected chi connectivity index (χ0v) is 16.7. The Morgan fingerprint density at radius 1 is 0.929 bits per heavy atom. The van der Waals surface area contributed by atoms with Crippen LogP contribution >= 0.6 is 0 Å². The van der Waals surface area contributed by atoms with Gasteiger partial charge in [-0.2, -0.15) is 0 Å². The third kappa shape index (κ3) is 4.61. The monoisotopic (exact) mass is 376 g/mol. The van der Waals surface area contributed by atoms with E-state index >= 15 is 0 Å². The second-order valence-corrected chi connectivity index (χ2v) is 6.13. The van der Waals surface area contributed by atoms with Gasteiger partial charge in [0.15, 0.2) is 0 Å². The Balaban J connectivity index is 0.000000660. The second-order valence-electron chi connectivity index (χ2n) is 6.13. The number of aliphatic hydroxyl groups is 1. The summed E-state index contributed by atoms with van der Waals surface area (Å²) in [5, 5.41) is 15.4. The fourth-order valence-corrected chi connectivity index (χ4v) is 3.46. The third-order valence-electron chi connectivity index (χ3n) is 4.59. The topological polar surface area (TPSA) is 95.9 Å². The number of nitrogens with zero attached hydrogens (tertiary/aromatic N) is 2. The van der Waals surface area contributed by atoms with Gasteiger partial charge in [0.05, 0.1) is 5.69 Å². The van der Waals surface area contributed by atoms with Crippen molar-refractivity contribution in [3.05, 3.63) is 77.6 Å². The van der Waals surface area contributed by atoms with Crippen LogP contribution in [0.2, 0.25) is 0 Å². The van der Waals surface area contributed by atoms with Crippen molar-refractivity contribution in [1.29, 1.82) is 5.41 Å². The molecule has 1 aromatic heterocycles. The van der Waals surface area contributed by atoms with Gasteiger partial charge in [0, 0.05) is 24.6 Å². The summed E-state index contributed by atoms with van der Waals surface area (Å²) >= 11 is 0. The van der Waals surface area contributed by atoms with E-state index in [1.165, 1.54) is 16.7 Å². The number of nitrogens with two attached hydrogens (primary N) is 1. The Morgan fingerprint density at radius 3 is 2.29 bits per heavy atom. The number of nitrogen functional groups attached to an aromatic ring is 1. The van der Waals surface area contributed by atoms with Crippen molar-refractivity contribution in [2.45, 2.75) is 32.6 Å². The lowest BCUT2D eigenvalue weighted by Gasteiger charge is -2.26. The molecular weight excluding hydrogens is 348 g/mol. The summed E-state index contributed by atoms with van der Waals surface area (Å²) in [5.41, 5.74) is 11.7. The van der Waals surface area contributed by atoms with E-state index in [9.17, 15) is 0 Å². The van der Waals surface area contributed by atoms with Crippen LogP contribution < -0.4 is 5.73 Å². The highest BCUT2D eigenvalue weighted by Crippen LogP contribution is 2.37. The van der Waals surface area contributed by atoms with E-state index < -0.39 is 0 Å². The Morgan fingerprint density at radius 2 is 1.57 bits per heavy atom. The summed E-state index contributed by atoms with van der Waals surface area (Å²) in [7, 11) is 1.00. The van der Waals surface area contributed by atoms with Crippen LogP contribution in [0.15, 0.2) is 60.8 Å². The van der Waals surface area contributed by atoms with Gasteiger partial charge in [-0.3, -0.25) is 0 Å². The zero-order chi connectivity index (χ0) is 20.5. The SMILES string of the molecule is CC.CO.N=C1CC(c2ccccc2-c2ccccc2)Cc2nc(N)ncc21. The van der Waals surface area contributed by atoms with Crippen molar-refractivity contribution in [1.82, 2.24) is 9.97 Å². The molecule has 2 aromatic carbocycles. The minimum atomic E-state index is 0.232. The molecule has 1 unspecified atom stereocenters. The Bertz CT molecular complexity index is 909. The highest BCUT2D eigenvalue weighted by molar-refractivity contribution is 6.00. The average Bonchev–Trinajstić information content (AvgIpc) is 2.77. The van der Waals surface area contributed by atoms with Gasteiger partial charge < -0.3 is 16.2 Å². The van der Waals surface area contributed by atoms with Crippen LogP contribution in [0.5, 0.6) is 0 Å². The smallest absolute Gasteiger partial charge is 0.220 e. The molecule has 146 valence electrons. The second kappa shape index (κ2) is 10.3. The predicted molar refractivity (Wildman–Crippen MR) is 116 cm³/mol. The molecular formula is C23H28N4O. The lowest BCUT2D eigenvalue weighted by Crippen LogP contribution is -2.21. The number of hydrogen-bond donors (Lipinski definition) is 3. The summed E-state index contributed by atoms with van der Waals surface area (Å²) in [6, 6.07) is 18.8. The fourth-order valence-electron chi connectivity index (χ4n) is 3.46. The highest BCUT2D eigenvalue weighted by atomic mass is 16.2. The quantitative estimate of drug-likeness (QED) is 0.615. The molecule has 4 N–H and O–H groups in total. The molecule has 28 heavy (non-hydrogen) atoms. The van der Waals surface area contributed by atoms with E-state index in [2.05, 4.69) is 58.5 Å². The maximum Gasteiger partial charge on any atom is 0.220 e. The molecule has 1 aliphatic rings. The number of aromatic nitrogens is 2. The van der Waals surface area contributed by atoms with Crippen LogP contribution in [0.1, 0.15) is 43.0 Å². The molecule has 1 heterocycles. The van der Waals surface area contributed by atoms with Crippen molar-refractivity contribution in [3.8, 4) is 11.1 Å². The van der Waals surface area contributed by atoms with E-state index in [0.29, 0.717) is 12.1 Å². The van der Waals surface area contributed by atoms with Crippen LogP contribution in [-0.4, -0.2) is 27.9 Å². The number of aliphatic hydroxyl groups excluding tert-OH is 1. The molecule has 3 aromatic rings. The Hall–Kier alpha value is -3.05. The maximum absolute atomic E-state index is 8.38. The van der Waals surface area contributed by atoms with E-state index in [1.54, 1.807) is 6.20 Å². The number of fused-ring (bicyclic) bond motifs is 1. The predicted octanol–water partition coefficient (Wildman–Crippen LogP) is 4.46. The summed E-state index contributed by atoms with van der Waals surface area (Å²) in [5.74, 6) is 0.509. The van der Waals surface area contributed by atoms with Gasteiger partial charge in [0.2, 0.25) is 5.95 Å². The van der Waals surface area contributed by atoms with Gasteiger partial charge in [-0.1, -0.05) is 68.4 Å². The standard InChI is InChI=1S/C20H18N4.C2H6.CH4O/c21-18-10-14(11-19-17(18)12-23-20(22)24-19)16-9-5-4-8-15(16)13-6-2-1-3-7-13;2*1-2/h1-9,12,14,21H,10-11H2,(H2,22,23,24);1-2H3;2H,1H3. The van der Waals surface area contributed by atoms with Crippen LogP contribution in [0, 0.1) is 5.41 Å². The van der Waals surface area contributed by atoms with Gasteiger partial charge in [0.25, 0.3) is 0 Å². The normalized spacial score (nSPS) is 14.7. The zero-order valence-electron chi connectivity index (χ0n) is 16.7. The average molecular weight is 377 g/mol. The molecule has 0 aliphatic heterocycles. The first kappa shape index (κ1) is 21.3. The lowest BCUT2D eigenvalue weighted by atomic mass is 9.79. The molecule has 0 saturated heterocycles. The molecule has 5 nitrogen and oxygen atoms in total. The van der Waals surface area contributed by atoms with Gasteiger partial charge >= 0.3 is 0 Å². The summed E-state index contributed by atoms with van der Waals surface area (Å²) in [6.07, 6.45) is 3.16. The highest BCUT2D eigenvalue weighted by Gasteiger charge is 2.27. The van der Waals surface area contributed by atoms with Crippen molar-refractivity contribution in [2.24, 2.45) is 0 Å². The van der Waals surface area contributed by atoms with Gasteiger partial charge in [-0.05, 0) is 35.4 Å². The summed E-state index contributed by atoms with van der Waals surface area (Å²) in [4.78, 5) is 8.40. The molecule has 5 heteroatoms. The number of benzene rings is 2. The van der Waals surface area contributed by atoms with Gasteiger partial charge in [0.1, 0.15) is 0 Å². The van der Waals surface area contributed by atoms with Crippen molar-refractivity contribution < 1.29 is 5.11 Å². The van der Waals surface area contributed by atoms with E-state index in [1.807, 2.05) is 19.9 Å².